The first kappa shape index (κ1) is 80.2. The van der Waals surface area contributed by atoms with Gasteiger partial charge in [0.15, 0.2) is 6.10 Å². The third-order valence-corrected chi connectivity index (χ3v) is 17.5. The van der Waals surface area contributed by atoms with Crippen molar-refractivity contribution in [1.82, 2.24) is 0 Å². The fourth-order valence-corrected chi connectivity index (χ4v) is 11.9. The van der Waals surface area contributed by atoms with Crippen molar-refractivity contribution in [1.29, 1.82) is 0 Å². The topological polar surface area (TPSA) is 78.9 Å². The normalized spacial score (nSPS) is 12.0. The standard InChI is InChI=1S/C76H146O6/c1-4-7-10-13-16-19-22-25-28-30-32-34-36-37-38-39-41-42-44-46-48-51-54-57-60-63-66-69-75(78)81-72-73(71-80-74(77)68-65-62-59-56-53-50-27-24-21-18-15-12-9-6-3)82-76(79)70-67-64-61-58-55-52-49-47-45-43-40-35-33-31-29-26-23-20-17-14-11-8-5-2/h31,33,73H,4-30,32,34-72H2,1-3H3/b33-31-. The highest BCUT2D eigenvalue weighted by Crippen LogP contribution is 2.20. The number of allylic oxidation sites excluding steroid dienone is 2. The smallest absolute Gasteiger partial charge is 0.306 e. The molecule has 0 aromatic carbocycles. The Labute approximate surface area is 513 Å². The van der Waals surface area contributed by atoms with Crippen LogP contribution in [-0.2, 0) is 28.6 Å². The van der Waals surface area contributed by atoms with Crippen molar-refractivity contribution < 1.29 is 28.6 Å². The van der Waals surface area contributed by atoms with Gasteiger partial charge >= 0.3 is 17.9 Å². The number of carbonyl (C=O) groups excluding carboxylic acids is 3. The van der Waals surface area contributed by atoms with E-state index in [9.17, 15) is 14.4 Å². The molecule has 0 aromatic rings. The fourth-order valence-electron chi connectivity index (χ4n) is 11.9. The molecule has 82 heavy (non-hydrogen) atoms. The third kappa shape index (κ3) is 68.9. The van der Waals surface area contributed by atoms with E-state index in [4.69, 9.17) is 14.2 Å². The van der Waals surface area contributed by atoms with Crippen molar-refractivity contribution in [3.05, 3.63) is 12.2 Å². The lowest BCUT2D eigenvalue weighted by atomic mass is 10.0. The number of rotatable bonds is 71. The van der Waals surface area contributed by atoms with Crippen LogP contribution < -0.4 is 0 Å². The summed E-state index contributed by atoms with van der Waals surface area (Å²) >= 11 is 0. The maximum atomic E-state index is 13.0. The van der Waals surface area contributed by atoms with E-state index >= 15 is 0 Å². The molecule has 1 atom stereocenters. The minimum absolute atomic E-state index is 0.0628. The van der Waals surface area contributed by atoms with Crippen molar-refractivity contribution in [3.8, 4) is 0 Å². The average Bonchev–Trinajstić information content (AvgIpc) is 3.47. The van der Waals surface area contributed by atoms with E-state index in [2.05, 4.69) is 32.9 Å². The zero-order valence-electron chi connectivity index (χ0n) is 56.1. The largest absolute Gasteiger partial charge is 0.462 e. The molecule has 1 unspecified atom stereocenters. The van der Waals surface area contributed by atoms with Gasteiger partial charge in [-0.25, -0.2) is 0 Å². The zero-order chi connectivity index (χ0) is 59.2. The van der Waals surface area contributed by atoms with Crippen molar-refractivity contribution in [2.24, 2.45) is 0 Å². The van der Waals surface area contributed by atoms with E-state index in [0.29, 0.717) is 19.3 Å². The summed E-state index contributed by atoms with van der Waals surface area (Å²) in [5.41, 5.74) is 0. The van der Waals surface area contributed by atoms with E-state index in [1.165, 1.54) is 340 Å². The second kappa shape index (κ2) is 71.6. The maximum absolute atomic E-state index is 13.0. The molecule has 486 valence electrons. The maximum Gasteiger partial charge on any atom is 0.306 e. The van der Waals surface area contributed by atoms with E-state index in [1.807, 2.05) is 0 Å². The van der Waals surface area contributed by atoms with E-state index in [-0.39, 0.29) is 31.1 Å². The van der Waals surface area contributed by atoms with E-state index in [0.717, 1.165) is 57.8 Å². The summed E-state index contributed by atoms with van der Waals surface area (Å²) in [5.74, 6) is -0.825. The Kier molecular flexibility index (Phi) is 70.0. The van der Waals surface area contributed by atoms with E-state index in [1.54, 1.807) is 0 Å². The first-order valence-electron chi connectivity index (χ1n) is 37.7. The highest BCUT2D eigenvalue weighted by molar-refractivity contribution is 5.71. The molecule has 0 saturated heterocycles. The van der Waals surface area contributed by atoms with Crippen LogP contribution >= 0.6 is 0 Å². The van der Waals surface area contributed by atoms with Crippen LogP contribution in [-0.4, -0.2) is 37.2 Å². The van der Waals surface area contributed by atoms with Crippen molar-refractivity contribution in [2.45, 2.75) is 444 Å². The Morgan fingerprint density at radius 2 is 0.402 bits per heavy atom. The summed E-state index contributed by atoms with van der Waals surface area (Å²) in [6.07, 6.45) is 86.9. The minimum atomic E-state index is -0.767. The molecule has 0 fully saturated rings. The van der Waals surface area contributed by atoms with Gasteiger partial charge in [0.05, 0.1) is 0 Å². The molecule has 6 heteroatoms. The molecule has 0 heterocycles. The number of hydrogen-bond acceptors (Lipinski definition) is 6. The molecule has 0 spiro atoms. The summed E-state index contributed by atoms with van der Waals surface area (Å²) in [4.78, 5) is 38.5. The fraction of sp³-hybridized carbons (Fsp3) is 0.934. The Hall–Kier alpha value is -1.85. The number of unbranched alkanes of at least 4 members (excludes halogenated alkanes) is 58. The number of carbonyl (C=O) groups is 3. The van der Waals surface area contributed by atoms with Crippen LogP contribution in [0, 0.1) is 0 Å². The summed E-state index contributed by atoms with van der Waals surface area (Å²) in [7, 11) is 0. The van der Waals surface area contributed by atoms with Crippen LogP contribution in [0.4, 0.5) is 0 Å². The molecular weight excluding hydrogens is 1010 g/mol. The Morgan fingerprint density at radius 1 is 0.232 bits per heavy atom. The number of esters is 3. The SMILES string of the molecule is CCCCCCCCCC/C=C\CCCCCCCCCCCCCC(=O)OC(COC(=O)CCCCCCCCCCCCCCCC)COC(=O)CCCCCCCCCCCCCCCCCCCCCCCCCCCCC. The van der Waals surface area contributed by atoms with Crippen LogP contribution in [0.3, 0.4) is 0 Å². The highest BCUT2D eigenvalue weighted by Gasteiger charge is 2.20. The van der Waals surface area contributed by atoms with Crippen LogP contribution in [0.5, 0.6) is 0 Å². The first-order chi connectivity index (χ1) is 40.5. The van der Waals surface area contributed by atoms with Gasteiger partial charge in [-0.3, -0.25) is 14.4 Å². The van der Waals surface area contributed by atoms with Gasteiger partial charge in [-0.1, -0.05) is 386 Å². The third-order valence-electron chi connectivity index (χ3n) is 17.5. The Bertz CT molecular complexity index is 1280. The molecule has 0 N–H and O–H groups in total. The van der Waals surface area contributed by atoms with Gasteiger partial charge in [0.1, 0.15) is 13.2 Å². The van der Waals surface area contributed by atoms with Gasteiger partial charge < -0.3 is 14.2 Å². The van der Waals surface area contributed by atoms with E-state index < -0.39 is 6.10 Å². The van der Waals surface area contributed by atoms with Gasteiger partial charge in [-0.15, -0.1) is 0 Å². The lowest BCUT2D eigenvalue weighted by molar-refractivity contribution is -0.167. The van der Waals surface area contributed by atoms with Crippen LogP contribution in [0.2, 0.25) is 0 Å². The Morgan fingerprint density at radius 3 is 0.610 bits per heavy atom. The van der Waals surface area contributed by atoms with Crippen LogP contribution in [0.25, 0.3) is 0 Å². The average molecular weight is 1160 g/mol. The van der Waals surface area contributed by atoms with Gasteiger partial charge in [-0.2, -0.15) is 0 Å². The predicted octanol–water partition coefficient (Wildman–Crippen LogP) is 26.0. The minimum Gasteiger partial charge on any atom is -0.462 e. The second-order valence-electron chi connectivity index (χ2n) is 25.9. The molecule has 0 saturated carbocycles. The van der Waals surface area contributed by atoms with Gasteiger partial charge in [0, 0.05) is 19.3 Å². The molecule has 6 nitrogen and oxygen atoms in total. The number of ether oxygens (including phenoxy) is 3. The quantitative estimate of drug-likeness (QED) is 0.0261. The summed E-state index contributed by atoms with van der Waals surface area (Å²) in [5, 5.41) is 0. The van der Waals surface area contributed by atoms with Crippen molar-refractivity contribution in [2.75, 3.05) is 13.2 Å². The molecule has 0 aliphatic carbocycles. The predicted molar refractivity (Wildman–Crippen MR) is 358 cm³/mol. The molecule has 0 amide bonds. The monoisotopic (exact) mass is 1160 g/mol. The molecule has 0 bridgehead atoms. The molecular formula is C76H146O6. The van der Waals surface area contributed by atoms with Gasteiger partial charge in [0.25, 0.3) is 0 Å². The Balaban J connectivity index is 4.19. The summed E-state index contributed by atoms with van der Waals surface area (Å²) in [6.45, 7) is 6.74. The van der Waals surface area contributed by atoms with Crippen molar-refractivity contribution in [3.63, 3.8) is 0 Å². The van der Waals surface area contributed by atoms with Crippen LogP contribution in [0.1, 0.15) is 438 Å². The molecule has 0 rings (SSSR count). The molecule has 0 aliphatic rings. The van der Waals surface area contributed by atoms with Crippen LogP contribution in [0.15, 0.2) is 12.2 Å². The molecule has 0 aromatic heterocycles. The number of hydrogen-bond donors (Lipinski definition) is 0. The molecule has 0 aliphatic heterocycles. The van der Waals surface area contributed by atoms with Gasteiger partial charge in [-0.05, 0) is 44.9 Å². The van der Waals surface area contributed by atoms with Crippen molar-refractivity contribution >= 4 is 17.9 Å². The summed E-state index contributed by atoms with van der Waals surface area (Å²) in [6, 6.07) is 0. The summed E-state index contributed by atoms with van der Waals surface area (Å²) < 4.78 is 17.0. The molecule has 0 radical (unpaired) electrons. The lowest BCUT2D eigenvalue weighted by Gasteiger charge is -2.18. The second-order valence-corrected chi connectivity index (χ2v) is 25.9. The lowest BCUT2D eigenvalue weighted by Crippen LogP contribution is -2.30. The highest BCUT2D eigenvalue weighted by atomic mass is 16.6. The zero-order valence-corrected chi connectivity index (χ0v) is 56.1. The first-order valence-corrected chi connectivity index (χ1v) is 37.7. The van der Waals surface area contributed by atoms with Gasteiger partial charge in [0.2, 0.25) is 0 Å².